The molecule has 1 aromatic carbocycles. The van der Waals surface area contributed by atoms with Gasteiger partial charge in [-0.2, -0.15) is 0 Å². The van der Waals surface area contributed by atoms with E-state index in [2.05, 4.69) is 15.9 Å². The average molecular weight is 261 g/mol. The monoisotopic (exact) mass is 260 g/mol. The van der Waals surface area contributed by atoms with E-state index in [-0.39, 0.29) is 6.79 Å². The van der Waals surface area contributed by atoms with Crippen molar-refractivity contribution in [1.29, 1.82) is 0 Å². The van der Waals surface area contributed by atoms with E-state index in [1.165, 1.54) is 0 Å². The Labute approximate surface area is 91.8 Å². The topological polar surface area (TPSA) is 38.7 Å². The quantitative estimate of drug-likeness (QED) is 0.846. The highest BCUT2D eigenvalue weighted by atomic mass is 79.9. The average Bonchev–Trinajstić information content (AvgIpc) is 2.15. The molecule has 0 amide bonds. The Morgan fingerprint density at radius 1 is 1.50 bits per heavy atom. The summed E-state index contributed by atoms with van der Waals surface area (Å²) in [6.45, 7) is 1.88. The standard InChI is InChI=1S/C10H13BrO3/c1-7(12)9-5-8(11)3-4-10(9)14-6-13-2/h3-5,7,12H,6H2,1-2H3. The molecular formula is C10H13BrO3. The van der Waals surface area contributed by atoms with Crippen LogP contribution in [0.1, 0.15) is 18.6 Å². The molecule has 1 unspecified atom stereocenters. The van der Waals surface area contributed by atoms with E-state index in [1.54, 1.807) is 20.1 Å². The van der Waals surface area contributed by atoms with Gasteiger partial charge in [0.1, 0.15) is 5.75 Å². The summed E-state index contributed by atoms with van der Waals surface area (Å²) in [5.74, 6) is 0.644. The summed E-state index contributed by atoms with van der Waals surface area (Å²) in [7, 11) is 1.56. The number of aliphatic hydroxyl groups excluding tert-OH is 1. The first-order valence-electron chi connectivity index (χ1n) is 4.24. The van der Waals surface area contributed by atoms with E-state index in [9.17, 15) is 5.11 Å². The molecule has 0 aliphatic rings. The van der Waals surface area contributed by atoms with Gasteiger partial charge in [0.15, 0.2) is 6.79 Å². The van der Waals surface area contributed by atoms with Crippen LogP contribution in [0, 0.1) is 0 Å². The Morgan fingerprint density at radius 3 is 2.79 bits per heavy atom. The van der Waals surface area contributed by atoms with Gasteiger partial charge in [0.2, 0.25) is 0 Å². The van der Waals surface area contributed by atoms with Gasteiger partial charge in [0.05, 0.1) is 6.10 Å². The number of aliphatic hydroxyl groups is 1. The SMILES string of the molecule is COCOc1ccc(Br)cc1C(C)O. The Kier molecular flexibility index (Phi) is 4.38. The van der Waals surface area contributed by atoms with Gasteiger partial charge in [0.25, 0.3) is 0 Å². The normalized spacial score (nSPS) is 12.6. The second-order valence-corrected chi connectivity index (χ2v) is 3.82. The van der Waals surface area contributed by atoms with Crippen molar-refractivity contribution in [3.05, 3.63) is 28.2 Å². The molecule has 0 saturated heterocycles. The van der Waals surface area contributed by atoms with Crippen molar-refractivity contribution in [3.63, 3.8) is 0 Å². The second kappa shape index (κ2) is 5.34. The van der Waals surface area contributed by atoms with Crippen LogP contribution in [0.25, 0.3) is 0 Å². The zero-order valence-electron chi connectivity index (χ0n) is 8.16. The highest BCUT2D eigenvalue weighted by Crippen LogP contribution is 2.28. The molecule has 3 nitrogen and oxygen atoms in total. The summed E-state index contributed by atoms with van der Waals surface area (Å²) in [4.78, 5) is 0. The number of rotatable bonds is 4. The lowest BCUT2D eigenvalue weighted by molar-refractivity contribution is 0.0484. The van der Waals surface area contributed by atoms with Gasteiger partial charge in [-0.1, -0.05) is 15.9 Å². The molecule has 1 aromatic rings. The first kappa shape index (κ1) is 11.5. The third-order valence-corrected chi connectivity index (χ3v) is 2.25. The summed E-state index contributed by atoms with van der Waals surface area (Å²) in [5, 5.41) is 9.49. The van der Waals surface area contributed by atoms with E-state index < -0.39 is 6.10 Å². The third-order valence-electron chi connectivity index (χ3n) is 1.75. The van der Waals surface area contributed by atoms with Crippen molar-refractivity contribution >= 4 is 15.9 Å². The molecule has 0 spiro atoms. The van der Waals surface area contributed by atoms with Crippen molar-refractivity contribution in [2.75, 3.05) is 13.9 Å². The molecule has 0 radical (unpaired) electrons. The molecule has 0 saturated carbocycles. The zero-order chi connectivity index (χ0) is 10.6. The maximum absolute atomic E-state index is 9.49. The van der Waals surface area contributed by atoms with Crippen LogP contribution < -0.4 is 4.74 Å². The first-order valence-corrected chi connectivity index (χ1v) is 5.03. The summed E-state index contributed by atoms with van der Waals surface area (Å²) in [5.41, 5.74) is 0.747. The number of benzene rings is 1. The van der Waals surface area contributed by atoms with Crippen molar-refractivity contribution in [2.45, 2.75) is 13.0 Å². The predicted molar refractivity (Wildman–Crippen MR) is 57.3 cm³/mol. The van der Waals surface area contributed by atoms with Gasteiger partial charge < -0.3 is 14.6 Å². The smallest absolute Gasteiger partial charge is 0.188 e. The first-order chi connectivity index (χ1) is 6.65. The number of ether oxygens (including phenoxy) is 2. The number of hydrogen-bond donors (Lipinski definition) is 1. The van der Waals surface area contributed by atoms with E-state index >= 15 is 0 Å². The van der Waals surface area contributed by atoms with Gasteiger partial charge in [0, 0.05) is 17.1 Å². The third kappa shape index (κ3) is 2.97. The van der Waals surface area contributed by atoms with Crippen molar-refractivity contribution in [2.24, 2.45) is 0 Å². The number of hydrogen-bond acceptors (Lipinski definition) is 3. The minimum atomic E-state index is -0.556. The van der Waals surface area contributed by atoms with Crippen LogP contribution in [-0.4, -0.2) is 19.0 Å². The fraction of sp³-hybridized carbons (Fsp3) is 0.400. The minimum Gasteiger partial charge on any atom is -0.467 e. The maximum Gasteiger partial charge on any atom is 0.188 e. The Bertz CT molecular complexity index is 299. The van der Waals surface area contributed by atoms with Crippen LogP contribution in [0.2, 0.25) is 0 Å². The molecule has 0 heterocycles. The van der Waals surface area contributed by atoms with Crippen LogP contribution in [0.15, 0.2) is 22.7 Å². The highest BCUT2D eigenvalue weighted by molar-refractivity contribution is 9.10. The molecule has 0 aliphatic heterocycles. The molecule has 78 valence electrons. The van der Waals surface area contributed by atoms with E-state index in [0.717, 1.165) is 10.0 Å². The Hall–Kier alpha value is -0.580. The summed E-state index contributed by atoms with van der Waals surface area (Å²) < 4.78 is 11.0. The van der Waals surface area contributed by atoms with Crippen LogP contribution in [0.4, 0.5) is 0 Å². The number of methoxy groups -OCH3 is 1. The molecule has 1 rings (SSSR count). The zero-order valence-corrected chi connectivity index (χ0v) is 9.74. The van der Waals surface area contributed by atoms with Crippen LogP contribution in [0.5, 0.6) is 5.75 Å². The van der Waals surface area contributed by atoms with Gasteiger partial charge in [-0.05, 0) is 25.1 Å². The van der Waals surface area contributed by atoms with Gasteiger partial charge in [-0.3, -0.25) is 0 Å². The largest absolute Gasteiger partial charge is 0.467 e. The molecule has 0 aliphatic carbocycles. The molecule has 1 N–H and O–H groups in total. The van der Waals surface area contributed by atoms with Gasteiger partial charge in [-0.25, -0.2) is 0 Å². The summed E-state index contributed by atoms with van der Waals surface area (Å²) in [6, 6.07) is 5.48. The van der Waals surface area contributed by atoms with Crippen LogP contribution in [0.3, 0.4) is 0 Å². The van der Waals surface area contributed by atoms with Gasteiger partial charge >= 0.3 is 0 Å². The lowest BCUT2D eigenvalue weighted by Gasteiger charge is -2.12. The number of halogens is 1. The van der Waals surface area contributed by atoms with Gasteiger partial charge in [-0.15, -0.1) is 0 Å². The second-order valence-electron chi connectivity index (χ2n) is 2.91. The fourth-order valence-electron chi connectivity index (χ4n) is 1.10. The van der Waals surface area contributed by atoms with Crippen molar-refractivity contribution in [1.82, 2.24) is 0 Å². The fourth-order valence-corrected chi connectivity index (χ4v) is 1.48. The van der Waals surface area contributed by atoms with Crippen molar-refractivity contribution in [3.8, 4) is 5.75 Å². The molecule has 14 heavy (non-hydrogen) atoms. The molecular weight excluding hydrogens is 248 g/mol. The lowest BCUT2D eigenvalue weighted by Crippen LogP contribution is -2.03. The summed E-state index contributed by atoms with van der Waals surface area (Å²) >= 11 is 3.33. The molecule has 4 heteroatoms. The lowest BCUT2D eigenvalue weighted by atomic mass is 10.1. The minimum absolute atomic E-state index is 0.182. The summed E-state index contributed by atoms with van der Waals surface area (Å²) in [6.07, 6.45) is -0.556. The predicted octanol–water partition coefficient (Wildman–Crippen LogP) is 2.49. The molecule has 1 atom stereocenters. The maximum atomic E-state index is 9.49. The Balaban J connectivity index is 2.90. The molecule has 0 aromatic heterocycles. The highest BCUT2D eigenvalue weighted by Gasteiger charge is 2.09. The van der Waals surface area contributed by atoms with E-state index in [4.69, 9.17) is 9.47 Å². The van der Waals surface area contributed by atoms with E-state index in [0.29, 0.717) is 5.75 Å². The van der Waals surface area contributed by atoms with Crippen LogP contribution >= 0.6 is 15.9 Å². The molecule has 0 fully saturated rings. The van der Waals surface area contributed by atoms with Crippen molar-refractivity contribution < 1.29 is 14.6 Å². The van der Waals surface area contributed by atoms with E-state index in [1.807, 2.05) is 12.1 Å². The Morgan fingerprint density at radius 2 is 2.21 bits per heavy atom. The van der Waals surface area contributed by atoms with Crippen LogP contribution in [-0.2, 0) is 4.74 Å². The molecule has 0 bridgehead atoms.